The van der Waals surface area contributed by atoms with E-state index in [9.17, 15) is 4.39 Å². The van der Waals surface area contributed by atoms with Crippen LogP contribution >= 0.6 is 11.6 Å². The number of rotatable bonds is 2. The van der Waals surface area contributed by atoms with Crippen molar-refractivity contribution in [1.82, 2.24) is 9.97 Å². The molecule has 112 valence electrons. The maximum Gasteiger partial charge on any atom is 0.139 e. The summed E-state index contributed by atoms with van der Waals surface area (Å²) in [6, 6.07) is 14.2. The molecule has 0 atom stereocenters. The van der Waals surface area contributed by atoms with Gasteiger partial charge in [-0.25, -0.2) is 9.37 Å². The number of nitrogens with zero attached hydrogens (tertiary/aromatic N) is 1. The van der Waals surface area contributed by atoms with E-state index in [1.807, 2.05) is 18.2 Å². The molecule has 0 bridgehead atoms. The normalized spacial score (nSPS) is 11.2. The van der Waals surface area contributed by atoms with Crippen molar-refractivity contribution in [3.05, 3.63) is 83.3 Å². The molecule has 23 heavy (non-hydrogen) atoms. The first-order chi connectivity index (χ1) is 11.1. The molecule has 0 aliphatic carbocycles. The Kier molecular flexibility index (Phi) is 3.17. The maximum absolute atomic E-state index is 14.0. The number of benzene rings is 2. The molecule has 4 heteroatoms. The zero-order valence-electron chi connectivity index (χ0n) is 12.1. The second kappa shape index (κ2) is 5.21. The summed E-state index contributed by atoms with van der Waals surface area (Å²) in [5.74, 6) is -0.281. The second-order valence-corrected chi connectivity index (χ2v) is 5.77. The van der Waals surface area contributed by atoms with Crippen LogP contribution < -0.4 is 0 Å². The predicted molar refractivity (Wildman–Crippen MR) is 93.1 cm³/mol. The highest BCUT2D eigenvalue weighted by atomic mass is 35.5. The standard InChI is InChI=1S/C19H12ClFN2/c1-11(13-4-2-3-5-16(13)21)12-6-7-17-14(10-12)18-15(20)8-9-22-19(18)23-17/h2-10H,1H2,(H,22,23). The number of fused-ring (bicyclic) bond motifs is 3. The number of halogens is 2. The molecule has 0 fully saturated rings. The van der Waals surface area contributed by atoms with Gasteiger partial charge in [0.25, 0.3) is 0 Å². The highest BCUT2D eigenvalue weighted by Crippen LogP contribution is 2.33. The number of pyridine rings is 1. The van der Waals surface area contributed by atoms with Gasteiger partial charge >= 0.3 is 0 Å². The minimum absolute atomic E-state index is 0.281. The summed E-state index contributed by atoms with van der Waals surface area (Å²) >= 11 is 6.31. The molecule has 0 saturated carbocycles. The molecule has 0 saturated heterocycles. The molecule has 4 rings (SSSR count). The quantitative estimate of drug-likeness (QED) is 0.513. The molecule has 0 unspecified atom stereocenters. The molecule has 0 aliphatic rings. The average Bonchev–Trinajstić information content (AvgIpc) is 2.93. The first-order valence-corrected chi connectivity index (χ1v) is 7.53. The number of hydrogen-bond donors (Lipinski definition) is 1. The van der Waals surface area contributed by atoms with Crippen LogP contribution in [0.2, 0.25) is 5.02 Å². The molecule has 2 aromatic heterocycles. The highest BCUT2D eigenvalue weighted by Gasteiger charge is 2.12. The van der Waals surface area contributed by atoms with Crippen molar-refractivity contribution >= 4 is 39.1 Å². The Morgan fingerprint density at radius 2 is 1.96 bits per heavy atom. The fraction of sp³-hybridized carbons (Fsp3) is 0. The van der Waals surface area contributed by atoms with Gasteiger partial charge in [-0.15, -0.1) is 0 Å². The van der Waals surface area contributed by atoms with E-state index in [1.54, 1.807) is 30.5 Å². The molecule has 1 N–H and O–H groups in total. The monoisotopic (exact) mass is 322 g/mol. The lowest BCUT2D eigenvalue weighted by Crippen LogP contribution is -1.90. The van der Waals surface area contributed by atoms with Crippen molar-refractivity contribution in [2.75, 3.05) is 0 Å². The number of aromatic nitrogens is 2. The molecule has 2 nitrogen and oxygen atoms in total. The van der Waals surface area contributed by atoms with Crippen LogP contribution in [-0.2, 0) is 0 Å². The lowest BCUT2D eigenvalue weighted by molar-refractivity contribution is 0.624. The summed E-state index contributed by atoms with van der Waals surface area (Å²) in [6.07, 6.45) is 1.67. The van der Waals surface area contributed by atoms with E-state index >= 15 is 0 Å². The topological polar surface area (TPSA) is 28.7 Å². The van der Waals surface area contributed by atoms with Gasteiger partial charge in [0.1, 0.15) is 11.5 Å². The smallest absolute Gasteiger partial charge is 0.139 e. The van der Waals surface area contributed by atoms with E-state index in [2.05, 4.69) is 16.5 Å². The SMILES string of the molecule is C=C(c1ccc2[nH]c3nccc(Cl)c3c2c1)c1ccccc1F. The van der Waals surface area contributed by atoms with Crippen LogP contribution in [0.25, 0.3) is 27.5 Å². The third kappa shape index (κ3) is 2.21. The van der Waals surface area contributed by atoms with E-state index in [1.165, 1.54) is 6.07 Å². The molecular weight excluding hydrogens is 311 g/mol. The van der Waals surface area contributed by atoms with Crippen molar-refractivity contribution in [3.63, 3.8) is 0 Å². The zero-order chi connectivity index (χ0) is 16.0. The van der Waals surface area contributed by atoms with Crippen LogP contribution in [0.3, 0.4) is 0 Å². The van der Waals surface area contributed by atoms with Gasteiger partial charge in [0.2, 0.25) is 0 Å². The van der Waals surface area contributed by atoms with E-state index in [0.29, 0.717) is 16.2 Å². The van der Waals surface area contributed by atoms with E-state index < -0.39 is 0 Å². The van der Waals surface area contributed by atoms with Crippen molar-refractivity contribution in [3.8, 4) is 0 Å². The Labute approximate surface area is 137 Å². The fourth-order valence-corrected chi connectivity index (χ4v) is 3.07. The summed E-state index contributed by atoms with van der Waals surface area (Å²) in [4.78, 5) is 7.54. The van der Waals surface area contributed by atoms with Gasteiger partial charge < -0.3 is 4.98 Å². The lowest BCUT2D eigenvalue weighted by atomic mass is 9.97. The van der Waals surface area contributed by atoms with Gasteiger partial charge in [0, 0.05) is 28.0 Å². The van der Waals surface area contributed by atoms with Crippen molar-refractivity contribution in [1.29, 1.82) is 0 Å². The van der Waals surface area contributed by atoms with Crippen LogP contribution in [0.4, 0.5) is 4.39 Å². The predicted octanol–water partition coefficient (Wildman–Crippen LogP) is 5.57. The second-order valence-electron chi connectivity index (χ2n) is 5.36. The molecule has 0 amide bonds. The zero-order valence-corrected chi connectivity index (χ0v) is 12.9. The Morgan fingerprint density at radius 3 is 2.78 bits per heavy atom. The Hall–Kier alpha value is -2.65. The summed E-state index contributed by atoms with van der Waals surface area (Å²) in [5.41, 5.74) is 3.66. The first kappa shape index (κ1) is 14.0. The highest BCUT2D eigenvalue weighted by molar-refractivity contribution is 6.37. The molecule has 2 aromatic carbocycles. The Balaban J connectivity index is 1.94. The number of hydrogen-bond acceptors (Lipinski definition) is 1. The fourth-order valence-electron chi connectivity index (χ4n) is 2.83. The van der Waals surface area contributed by atoms with E-state index in [4.69, 9.17) is 11.6 Å². The Bertz CT molecular complexity index is 1070. The van der Waals surface area contributed by atoms with Gasteiger partial charge in [-0.3, -0.25) is 0 Å². The minimum Gasteiger partial charge on any atom is -0.339 e. The van der Waals surface area contributed by atoms with Gasteiger partial charge in [-0.05, 0) is 35.4 Å². The molecule has 2 heterocycles. The lowest BCUT2D eigenvalue weighted by Gasteiger charge is -2.08. The summed E-state index contributed by atoms with van der Waals surface area (Å²) in [7, 11) is 0. The summed E-state index contributed by atoms with van der Waals surface area (Å²) < 4.78 is 14.0. The summed E-state index contributed by atoms with van der Waals surface area (Å²) in [5, 5.41) is 2.45. The maximum atomic E-state index is 14.0. The molecule has 0 spiro atoms. The van der Waals surface area contributed by atoms with Gasteiger partial charge in [0.15, 0.2) is 0 Å². The van der Waals surface area contributed by atoms with Crippen molar-refractivity contribution < 1.29 is 4.39 Å². The number of aromatic amines is 1. The molecular formula is C19H12ClFN2. The van der Waals surface area contributed by atoms with Crippen molar-refractivity contribution in [2.24, 2.45) is 0 Å². The van der Waals surface area contributed by atoms with Crippen LogP contribution in [-0.4, -0.2) is 9.97 Å². The van der Waals surface area contributed by atoms with Crippen LogP contribution in [0.15, 0.2) is 61.3 Å². The van der Waals surface area contributed by atoms with E-state index in [0.717, 1.165) is 27.5 Å². The third-order valence-electron chi connectivity index (χ3n) is 3.99. The van der Waals surface area contributed by atoms with Gasteiger partial charge in [-0.1, -0.05) is 42.4 Å². The Morgan fingerprint density at radius 1 is 1.13 bits per heavy atom. The van der Waals surface area contributed by atoms with Gasteiger partial charge in [-0.2, -0.15) is 0 Å². The van der Waals surface area contributed by atoms with E-state index in [-0.39, 0.29) is 5.82 Å². The largest absolute Gasteiger partial charge is 0.339 e. The average molecular weight is 323 g/mol. The van der Waals surface area contributed by atoms with Crippen LogP contribution in [0.1, 0.15) is 11.1 Å². The molecule has 4 aromatic rings. The number of nitrogens with one attached hydrogen (secondary N) is 1. The third-order valence-corrected chi connectivity index (χ3v) is 4.30. The first-order valence-electron chi connectivity index (χ1n) is 7.15. The molecule has 0 radical (unpaired) electrons. The summed E-state index contributed by atoms with van der Waals surface area (Å²) in [6.45, 7) is 4.05. The van der Waals surface area contributed by atoms with Crippen LogP contribution in [0.5, 0.6) is 0 Å². The van der Waals surface area contributed by atoms with Crippen LogP contribution in [0, 0.1) is 5.82 Å². The molecule has 0 aliphatic heterocycles. The number of H-pyrrole nitrogens is 1. The van der Waals surface area contributed by atoms with Crippen molar-refractivity contribution in [2.45, 2.75) is 0 Å². The minimum atomic E-state index is -0.281. The van der Waals surface area contributed by atoms with Gasteiger partial charge in [0.05, 0.1) is 5.02 Å².